The van der Waals surface area contributed by atoms with E-state index in [2.05, 4.69) is 4.90 Å². The van der Waals surface area contributed by atoms with Crippen LogP contribution in [0.15, 0.2) is 36.4 Å². The highest BCUT2D eigenvalue weighted by atomic mass is 19.4. The summed E-state index contributed by atoms with van der Waals surface area (Å²) >= 11 is 0. The second-order valence-electron chi connectivity index (χ2n) is 9.20. The number of carboxylic acids is 1. The summed E-state index contributed by atoms with van der Waals surface area (Å²) in [6.45, 7) is 3.90. The van der Waals surface area contributed by atoms with E-state index >= 15 is 0 Å². The molecule has 178 valence electrons. The summed E-state index contributed by atoms with van der Waals surface area (Å²) in [4.78, 5) is 13.1. The summed E-state index contributed by atoms with van der Waals surface area (Å²) < 4.78 is 47.0. The van der Waals surface area contributed by atoms with Crippen LogP contribution in [0.4, 0.5) is 13.2 Å². The van der Waals surface area contributed by atoms with Crippen LogP contribution in [-0.4, -0.2) is 29.1 Å². The molecule has 4 rings (SSSR count). The van der Waals surface area contributed by atoms with Gasteiger partial charge in [0.2, 0.25) is 0 Å². The second kappa shape index (κ2) is 9.75. The fourth-order valence-electron chi connectivity index (χ4n) is 4.97. The number of carboxylic acid groups (broad SMARTS) is 1. The number of carbonyl (C=O) groups is 1. The van der Waals surface area contributed by atoms with Gasteiger partial charge in [0, 0.05) is 19.6 Å². The molecule has 2 aromatic carbocycles. The first-order valence-electron chi connectivity index (χ1n) is 11.6. The van der Waals surface area contributed by atoms with Crippen molar-refractivity contribution in [2.75, 3.05) is 13.1 Å². The van der Waals surface area contributed by atoms with Crippen molar-refractivity contribution in [3.8, 4) is 5.75 Å². The van der Waals surface area contributed by atoms with Crippen LogP contribution < -0.4 is 4.74 Å². The van der Waals surface area contributed by atoms with Crippen molar-refractivity contribution in [3.05, 3.63) is 64.2 Å². The summed E-state index contributed by atoms with van der Waals surface area (Å²) in [5.41, 5.74) is 2.60. The zero-order valence-electron chi connectivity index (χ0n) is 18.8. The molecule has 1 aliphatic heterocycles. The Bertz CT molecular complexity index is 993. The van der Waals surface area contributed by atoms with Crippen LogP contribution >= 0.6 is 0 Å². The molecular formula is C26H30F3NO3. The lowest BCUT2D eigenvalue weighted by atomic mass is 9.91. The summed E-state index contributed by atoms with van der Waals surface area (Å²) in [5.74, 6) is -0.431. The fourth-order valence-corrected chi connectivity index (χ4v) is 4.97. The molecule has 2 aromatic rings. The van der Waals surface area contributed by atoms with Gasteiger partial charge in [0.05, 0.1) is 11.5 Å². The summed E-state index contributed by atoms with van der Waals surface area (Å²) in [5, 5.41) is 9.03. The Labute approximate surface area is 192 Å². The number of halogens is 3. The van der Waals surface area contributed by atoms with Crippen LogP contribution in [0.2, 0.25) is 0 Å². The van der Waals surface area contributed by atoms with Gasteiger partial charge in [-0.1, -0.05) is 38.0 Å². The van der Waals surface area contributed by atoms with Crippen molar-refractivity contribution < 1.29 is 27.8 Å². The number of hydrogen-bond donors (Lipinski definition) is 1. The lowest BCUT2D eigenvalue weighted by Gasteiger charge is -2.37. The zero-order chi connectivity index (χ0) is 23.6. The molecule has 0 radical (unpaired) electrons. The highest BCUT2D eigenvalue weighted by molar-refractivity contribution is 5.71. The Morgan fingerprint density at radius 2 is 1.82 bits per heavy atom. The quantitative estimate of drug-likeness (QED) is 0.522. The molecule has 0 atom stereocenters. The minimum absolute atomic E-state index is 0.00608. The minimum Gasteiger partial charge on any atom is -0.489 e. The molecule has 1 saturated carbocycles. The van der Waals surface area contributed by atoms with Crippen molar-refractivity contribution >= 4 is 5.97 Å². The van der Waals surface area contributed by atoms with E-state index in [1.54, 1.807) is 12.1 Å². The van der Waals surface area contributed by atoms with E-state index in [1.165, 1.54) is 6.07 Å². The molecule has 0 bridgehead atoms. The number of likely N-dealkylation sites (tertiary alicyclic amines) is 1. The Morgan fingerprint density at radius 1 is 1.09 bits per heavy atom. The predicted molar refractivity (Wildman–Crippen MR) is 119 cm³/mol. The highest BCUT2D eigenvalue weighted by Crippen LogP contribution is 2.42. The van der Waals surface area contributed by atoms with E-state index in [0.717, 1.165) is 43.2 Å². The van der Waals surface area contributed by atoms with Crippen LogP contribution in [-0.2, 0) is 30.5 Å². The van der Waals surface area contributed by atoms with Crippen LogP contribution in [0.25, 0.3) is 0 Å². The number of nitrogens with zero attached hydrogens (tertiary/aromatic N) is 1. The average molecular weight is 462 g/mol. The topological polar surface area (TPSA) is 49.8 Å². The minimum atomic E-state index is -4.37. The third-order valence-electron chi connectivity index (χ3n) is 6.88. The first kappa shape index (κ1) is 23.6. The van der Waals surface area contributed by atoms with Crippen molar-refractivity contribution in [1.29, 1.82) is 0 Å². The Kier molecular flexibility index (Phi) is 6.98. The van der Waals surface area contributed by atoms with Gasteiger partial charge >= 0.3 is 12.1 Å². The maximum atomic E-state index is 13.7. The second-order valence-corrected chi connectivity index (χ2v) is 9.20. The number of aliphatic carboxylic acids is 1. The summed E-state index contributed by atoms with van der Waals surface area (Å²) in [6, 6.07) is 10.4. The molecular weight excluding hydrogens is 431 g/mol. The molecule has 4 nitrogen and oxygen atoms in total. The molecule has 0 spiro atoms. The molecule has 1 saturated heterocycles. The maximum Gasteiger partial charge on any atom is 0.416 e. The number of alkyl halides is 3. The van der Waals surface area contributed by atoms with Gasteiger partial charge in [-0.05, 0) is 65.6 Å². The van der Waals surface area contributed by atoms with Crippen molar-refractivity contribution in [3.63, 3.8) is 0 Å². The number of aryl methyl sites for hydroxylation is 1. The lowest BCUT2D eigenvalue weighted by Crippen LogP contribution is -2.49. The normalized spacial score (nSPS) is 17.8. The van der Waals surface area contributed by atoms with Gasteiger partial charge in [-0.25, -0.2) is 0 Å². The largest absolute Gasteiger partial charge is 0.489 e. The maximum absolute atomic E-state index is 13.7. The van der Waals surface area contributed by atoms with Gasteiger partial charge < -0.3 is 9.84 Å². The van der Waals surface area contributed by atoms with Gasteiger partial charge in [0.25, 0.3) is 0 Å². The zero-order valence-corrected chi connectivity index (χ0v) is 18.8. The number of benzene rings is 2. The van der Waals surface area contributed by atoms with Gasteiger partial charge in [-0.15, -0.1) is 0 Å². The van der Waals surface area contributed by atoms with Gasteiger partial charge in [-0.2, -0.15) is 13.2 Å². The Morgan fingerprint density at radius 3 is 2.45 bits per heavy atom. The van der Waals surface area contributed by atoms with Crippen LogP contribution in [0.5, 0.6) is 5.75 Å². The molecule has 2 aliphatic rings. The molecule has 0 aromatic heterocycles. The van der Waals surface area contributed by atoms with Gasteiger partial charge in [-0.3, -0.25) is 9.69 Å². The third kappa shape index (κ3) is 5.52. The first-order chi connectivity index (χ1) is 15.7. The highest BCUT2D eigenvalue weighted by Gasteiger charge is 2.36. The van der Waals surface area contributed by atoms with Crippen molar-refractivity contribution in [1.82, 2.24) is 4.90 Å². The molecule has 1 heterocycles. The fraction of sp³-hybridized carbons (Fsp3) is 0.500. The summed E-state index contributed by atoms with van der Waals surface area (Å²) in [6.07, 6.45) is 0.0262. The predicted octanol–water partition coefficient (Wildman–Crippen LogP) is 6.02. The lowest BCUT2D eigenvalue weighted by molar-refractivity contribution is -0.147. The first-order valence-corrected chi connectivity index (χ1v) is 11.6. The monoisotopic (exact) mass is 461 g/mol. The van der Waals surface area contributed by atoms with Crippen LogP contribution in [0.3, 0.4) is 0 Å². The molecule has 1 aliphatic carbocycles. The Hall–Kier alpha value is -2.54. The smallest absolute Gasteiger partial charge is 0.416 e. The molecule has 2 fully saturated rings. The molecule has 0 amide bonds. The van der Waals surface area contributed by atoms with E-state index < -0.39 is 17.7 Å². The number of rotatable bonds is 8. The molecule has 7 heteroatoms. The van der Waals surface area contributed by atoms with E-state index in [1.807, 2.05) is 25.1 Å². The van der Waals surface area contributed by atoms with Crippen LogP contribution in [0, 0.1) is 5.92 Å². The third-order valence-corrected chi connectivity index (χ3v) is 6.88. The molecule has 33 heavy (non-hydrogen) atoms. The number of ether oxygens (including phenoxy) is 1. The van der Waals surface area contributed by atoms with E-state index in [-0.39, 0.29) is 18.4 Å². The van der Waals surface area contributed by atoms with E-state index in [0.29, 0.717) is 36.5 Å². The van der Waals surface area contributed by atoms with E-state index in [9.17, 15) is 18.0 Å². The van der Waals surface area contributed by atoms with Crippen molar-refractivity contribution in [2.45, 2.75) is 64.3 Å². The standard InChI is InChI=1S/C26H30F3NO3/c1-2-18-12-22(9-8-20(18)13-30-14-21(15-30)25(31)32)33-16-17-7-10-23(19-5-3-4-6-19)24(11-17)26(27,28)29/h7-12,19,21H,2-6,13-16H2,1H3,(H,31,32). The van der Waals surface area contributed by atoms with Gasteiger partial charge in [0.1, 0.15) is 12.4 Å². The van der Waals surface area contributed by atoms with Crippen LogP contribution in [0.1, 0.15) is 66.3 Å². The molecule has 0 unspecified atom stereocenters. The number of hydrogen-bond acceptors (Lipinski definition) is 3. The SMILES string of the molecule is CCc1cc(OCc2ccc(C3CCCC3)c(C(F)(F)F)c2)ccc1CN1CC(C(=O)O)C1. The Balaban J connectivity index is 1.42. The van der Waals surface area contributed by atoms with Crippen molar-refractivity contribution in [2.24, 2.45) is 5.92 Å². The van der Waals surface area contributed by atoms with Gasteiger partial charge in [0.15, 0.2) is 0 Å². The molecule has 1 N–H and O–H groups in total. The van der Waals surface area contributed by atoms with E-state index in [4.69, 9.17) is 9.84 Å². The average Bonchev–Trinajstić information content (AvgIpc) is 3.28. The summed E-state index contributed by atoms with van der Waals surface area (Å²) in [7, 11) is 0.